The Labute approximate surface area is 128 Å². The van der Waals surface area contributed by atoms with E-state index in [0.29, 0.717) is 24.3 Å². The number of aromatic hydroxyl groups is 1. The first-order valence-electron chi connectivity index (χ1n) is 7.10. The summed E-state index contributed by atoms with van der Waals surface area (Å²) in [4.78, 5) is 0. The summed E-state index contributed by atoms with van der Waals surface area (Å²) >= 11 is 0. The maximum absolute atomic E-state index is 13.6. The molecule has 0 aliphatic carbocycles. The second-order valence-corrected chi connectivity index (χ2v) is 5.18. The average Bonchev–Trinajstić information content (AvgIpc) is 2.53. The Kier molecular flexibility index (Phi) is 3.92. The zero-order valence-corrected chi connectivity index (χ0v) is 12.3. The second kappa shape index (κ2) is 6.02. The van der Waals surface area contributed by atoms with E-state index < -0.39 is 0 Å². The number of aromatic nitrogens is 1. The Balaban J connectivity index is 1.85. The lowest BCUT2D eigenvalue weighted by Crippen LogP contribution is -2.33. The molecule has 22 heavy (non-hydrogen) atoms. The highest BCUT2D eigenvalue weighted by atomic mass is 19.1. The maximum atomic E-state index is 13.6. The van der Waals surface area contributed by atoms with Crippen molar-refractivity contribution in [1.29, 1.82) is 0 Å². The largest absolute Gasteiger partial charge is 0.504 e. The number of rotatable bonds is 4. The van der Waals surface area contributed by atoms with Gasteiger partial charge >= 0.3 is 0 Å². The predicted molar refractivity (Wildman–Crippen MR) is 82.5 cm³/mol. The van der Waals surface area contributed by atoms with Crippen molar-refractivity contribution < 1.29 is 18.8 Å². The summed E-state index contributed by atoms with van der Waals surface area (Å²) in [5, 5.41) is 11.7. The van der Waals surface area contributed by atoms with Crippen molar-refractivity contribution in [3.8, 4) is 11.5 Å². The highest BCUT2D eigenvalue weighted by molar-refractivity contribution is 5.84. The smallest absolute Gasteiger partial charge is 0.176 e. The number of methoxy groups -OCH3 is 1. The normalized spacial score (nSPS) is 10.8. The van der Waals surface area contributed by atoms with E-state index in [1.807, 2.05) is 29.1 Å². The van der Waals surface area contributed by atoms with Crippen LogP contribution in [0.2, 0.25) is 0 Å². The number of aryl methyl sites for hydroxylation is 2. The molecule has 0 spiro atoms. The van der Waals surface area contributed by atoms with Gasteiger partial charge in [-0.2, -0.15) is 0 Å². The van der Waals surface area contributed by atoms with E-state index in [9.17, 15) is 9.50 Å². The zero-order valence-electron chi connectivity index (χ0n) is 12.3. The van der Waals surface area contributed by atoms with E-state index in [0.717, 1.165) is 10.8 Å². The SMILES string of the molecule is COc1cc2c[n+](CCc3ccccc3F)ccc2cc1O. The standard InChI is InChI=1S/C18H16FNO2/c1-22-18-11-15-12-20(9-7-14(15)10-17(18)21)8-6-13-4-2-3-5-16(13)19/h2-5,7,9-12H,6,8H2,1H3/p+1. The lowest BCUT2D eigenvalue weighted by Gasteiger charge is -2.05. The molecule has 3 rings (SSSR count). The van der Waals surface area contributed by atoms with Crippen molar-refractivity contribution in [3.05, 3.63) is 66.2 Å². The number of hydrogen-bond acceptors (Lipinski definition) is 2. The molecule has 0 aliphatic rings. The Morgan fingerprint density at radius 1 is 1.14 bits per heavy atom. The van der Waals surface area contributed by atoms with Crippen LogP contribution in [0.5, 0.6) is 11.5 Å². The minimum absolute atomic E-state index is 0.124. The zero-order chi connectivity index (χ0) is 15.5. The molecule has 112 valence electrons. The minimum Gasteiger partial charge on any atom is -0.504 e. The van der Waals surface area contributed by atoms with Crippen molar-refractivity contribution in [2.45, 2.75) is 13.0 Å². The van der Waals surface area contributed by atoms with Crippen LogP contribution in [0, 0.1) is 5.82 Å². The van der Waals surface area contributed by atoms with Crippen LogP contribution >= 0.6 is 0 Å². The Morgan fingerprint density at radius 3 is 2.73 bits per heavy atom. The molecule has 0 radical (unpaired) electrons. The molecule has 0 bridgehead atoms. The third-order valence-corrected chi connectivity index (χ3v) is 3.73. The number of benzene rings is 2. The van der Waals surface area contributed by atoms with Crippen LogP contribution in [0.15, 0.2) is 54.9 Å². The van der Waals surface area contributed by atoms with Crippen LogP contribution in [0.1, 0.15) is 5.56 Å². The van der Waals surface area contributed by atoms with Gasteiger partial charge in [0.15, 0.2) is 30.4 Å². The Hall–Kier alpha value is -2.62. The summed E-state index contributed by atoms with van der Waals surface area (Å²) in [6.45, 7) is 0.681. The lowest BCUT2D eigenvalue weighted by atomic mass is 10.1. The van der Waals surface area contributed by atoms with Crippen LogP contribution in [0.3, 0.4) is 0 Å². The summed E-state index contributed by atoms with van der Waals surface area (Å²) in [6.07, 6.45) is 4.52. The van der Waals surface area contributed by atoms with Crippen LogP contribution in [-0.4, -0.2) is 12.2 Å². The van der Waals surface area contributed by atoms with E-state index in [-0.39, 0.29) is 11.6 Å². The number of fused-ring (bicyclic) bond motifs is 1. The van der Waals surface area contributed by atoms with Crippen LogP contribution in [0.4, 0.5) is 4.39 Å². The molecule has 3 aromatic rings. The molecule has 0 amide bonds. The van der Waals surface area contributed by atoms with Gasteiger partial charge in [0.25, 0.3) is 0 Å². The van der Waals surface area contributed by atoms with E-state index in [1.165, 1.54) is 13.2 Å². The molecule has 1 heterocycles. The van der Waals surface area contributed by atoms with Gasteiger partial charge in [-0.05, 0) is 29.1 Å². The molecule has 0 saturated carbocycles. The number of ether oxygens (including phenoxy) is 1. The molecule has 0 saturated heterocycles. The monoisotopic (exact) mass is 298 g/mol. The van der Waals surface area contributed by atoms with Crippen molar-refractivity contribution in [3.63, 3.8) is 0 Å². The van der Waals surface area contributed by atoms with Gasteiger partial charge in [0.1, 0.15) is 5.82 Å². The van der Waals surface area contributed by atoms with Gasteiger partial charge in [0.2, 0.25) is 0 Å². The van der Waals surface area contributed by atoms with E-state index in [1.54, 1.807) is 24.3 Å². The van der Waals surface area contributed by atoms with Gasteiger partial charge < -0.3 is 9.84 Å². The van der Waals surface area contributed by atoms with Gasteiger partial charge in [0, 0.05) is 17.9 Å². The molecule has 2 aromatic carbocycles. The maximum Gasteiger partial charge on any atom is 0.176 e. The molecule has 1 aromatic heterocycles. The van der Waals surface area contributed by atoms with Crippen molar-refractivity contribution in [1.82, 2.24) is 0 Å². The first-order chi connectivity index (χ1) is 10.7. The fourth-order valence-electron chi connectivity index (χ4n) is 2.51. The van der Waals surface area contributed by atoms with E-state index >= 15 is 0 Å². The quantitative estimate of drug-likeness (QED) is 0.750. The molecule has 0 unspecified atom stereocenters. The van der Waals surface area contributed by atoms with Crippen LogP contribution in [-0.2, 0) is 13.0 Å². The number of pyridine rings is 1. The number of phenolic OH excluding ortho intramolecular Hbond substituents is 1. The van der Waals surface area contributed by atoms with Crippen LogP contribution < -0.4 is 9.30 Å². The summed E-state index contributed by atoms with van der Waals surface area (Å²) in [6, 6.07) is 12.2. The summed E-state index contributed by atoms with van der Waals surface area (Å²) in [5.41, 5.74) is 0.707. The molecule has 0 fully saturated rings. The Morgan fingerprint density at radius 2 is 1.95 bits per heavy atom. The van der Waals surface area contributed by atoms with Gasteiger partial charge in [-0.25, -0.2) is 8.96 Å². The topological polar surface area (TPSA) is 33.3 Å². The van der Waals surface area contributed by atoms with Crippen molar-refractivity contribution in [2.75, 3.05) is 7.11 Å². The molecular weight excluding hydrogens is 281 g/mol. The lowest BCUT2D eigenvalue weighted by molar-refractivity contribution is -0.695. The van der Waals surface area contributed by atoms with Crippen molar-refractivity contribution in [2.24, 2.45) is 0 Å². The van der Waals surface area contributed by atoms with Gasteiger partial charge in [-0.15, -0.1) is 0 Å². The third-order valence-electron chi connectivity index (χ3n) is 3.73. The highest BCUT2D eigenvalue weighted by Gasteiger charge is 2.09. The second-order valence-electron chi connectivity index (χ2n) is 5.18. The third kappa shape index (κ3) is 2.86. The van der Waals surface area contributed by atoms with Gasteiger partial charge in [-0.3, -0.25) is 0 Å². The number of hydrogen-bond donors (Lipinski definition) is 1. The first kappa shape index (κ1) is 14.3. The molecule has 3 nitrogen and oxygen atoms in total. The molecule has 4 heteroatoms. The number of halogens is 1. The van der Waals surface area contributed by atoms with Crippen LogP contribution in [0.25, 0.3) is 10.8 Å². The van der Waals surface area contributed by atoms with E-state index in [2.05, 4.69) is 0 Å². The summed E-state index contributed by atoms with van der Waals surface area (Å²) in [5.74, 6) is 0.397. The minimum atomic E-state index is -0.171. The first-order valence-corrected chi connectivity index (χ1v) is 7.10. The fourth-order valence-corrected chi connectivity index (χ4v) is 2.51. The Bertz CT molecular complexity index is 817. The molecule has 0 atom stereocenters. The highest BCUT2D eigenvalue weighted by Crippen LogP contribution is 2.30. The predicted octanol–water partition coefficient (Wildman–Crippen LogP) is 3.22. The van der Waals surface area contributed by atoms with E-state index in [4.69, 9.17) is 4.74 Å². The van der Waals surface area contributed by atoms with Crippen molar-refractivity contribution >= 4 is 10.8 Å². The summed E-state index contributed by atoms with van der Waals surface area (Å²) in [7, 11) is 1.52. The molecule has 0 aliphatic heterocycles. The summed E-state index contributed by atoms with van der Waals surface area (Å²) < 4.78 is 20.8. The number of phenols is 1. The molecular formula is C18H17FNO2+. The number of nitrogens with zero attached hydrogens (tertiary/aromatic N) is 1. The van der Waals surface area contributed by atoms with Gasteiger partial charge in [-0.1, -0.05) is 18.2 Å². The van der Waals surface area contributed by atoms with Gasteiger partial charge in [0.05, 0.1) is 7.11 Å². The average molecular weight is 298 g/mol. The fraction of sp³-hybridized carbons (Fsp3) is 0.167. The molecule has 1 N–H and O–H groups in total.